The molecule has 0 radical (unpaired) electrons. The highest BCUT2D eigenvalue weighted by Crippen LogP contribution is 2.30. The molecule has 0 aliphatic rings. The van der Waals surface area contributed by atoms with Crippen LogP contribution in [0.3, 0.4) is 0 Å². The van der Waals surface area contributed by atoms with Gasteiger partial charge in [-0.15, -0.1) is 11.4 Å². The van der Waals surface area contributed by atoms with Crippen molar-refractivity contribution >= 4 is 17.1 Å². The maximum absolute atomic E-state index is 10.4. The monoisotopic (exact) mass is 213 g/mol. The summed E-state index contributed by atoms with van der Waals surface area (Å²) in [6, 6.07) is 15.6. The Morgan fingerprint density at radius 1 is 0.875 bits per heavy atom. The Kier molecular flexibility index (Phi) is 2.82. The van der Waals surface area contributed by atoms with Gasteiger partial charge in [0.2, 0.25) is 0 Å². The van der Waals surface area contributed by atoms with Gasteiger partial charge in [-0.05, 0) is 0 Å². The van der Waals surface area contributed by atoms with Crippen molar-refractivity contribution in [3.8, 4) is 0 Å². The summed E-state index contributed by atoms with van der Waals surface area (Å²) in [5.74, 6) is 0. The number of rotatable bonds is 3. The van der Waals surface area contributed by atoms with Crippen molar-refractivity contribution in [3.05, 3.63) is 70.0 Å². The van der Waals surface area contributed by atoms with E-state index in [-0.39, 0.29) is 5.69 Å². The fourth-order valence-electron chi connectivity index (χ4n) is 1.30. The Morgan fingerprint density at radius 3 is 2.00 bits per heavy atom. The molecule has 0 N–H and O–H groups in total. The van der Waals surface area contributed by atoms with Crippen LogP contribution in [0, 0.1) is 10.1 Å². The zero-order chi connectivity index (χ0) is 11.4. The summed E-state index contributed by atoms with van der Waals surface area (Å²) < 4.78 is 0. The van der Waals surface area contributed by atoms with Crippen molar-refractivity contribution in [2.45, 2.75) is 0 Å². The third kappa shape index (κ3) is 2.36. The van der Waals surface area contributed by atoms with Crippen LogP contribution >= 0.6 is 0 Å². The average Bonchev–Trinajstić information content (AvgIpc) is 2.31. The number of benzene rings is 2. The minimum absolute atomic E-state index is 0.0759. The molecule has 0 atom stereocenters. The molecule has 2 aromatic rings. The standard InChI is InChI=1S/C12H9N2O2/c15-14(16)12-8-6-11(7-9-12)13-10-4-2-1-3-5-10/h1-9H/q-1. The average molecular weight is 213 g/mol. The molecular formula is C12H9N2O2-. The van der Waals surface area contributed by atoms with Gasteiger partial charge in [0.1, 0.15) is 0 Å². The Morgan fingerprint density at radius 2 is 1.44 bits per heavy atom. The van der Waals surface area contributed by atoms with Crippen molar-refractivity contribution in [3.63, 3.8) is 0 Å². The summed E-state index contributed by atoms with van der Waals surface area (Å²) in [4.78, 5) is 10.0. The maximum atomic E-state index is 10.4. The van der Waals surface area contributed by atoms with E-state index < -0.39 is 4.92 Å². The second-order valence-corrected chi connectivity index (χ2v) is 3.22. The Hall–Kier alpha value is -2.36. The summed E-state index contributed by atoms with van der Waals surface area (Å²) in [7, 11) is 0. The molecule has 0 heterocycles. The van der Waals surface area contributed by atoms with E-state index in [4.69, 9.17) is 0 Å². The lowest BCUT2D eigenvalue weighted by Crippen LogP contribution is -1.85. The molecule has 2 aromatic carbocycles. The van der Waals surface area contributed by atoms with Crippen LogP contribution in [0.4, 0.5) is 17.1 Å². The van der Waals surface area contributed by atoms with E-state index in [0.29, 0.717) is 5.69 Å². The first-order valence-electron chi connectivity index (χ1n) is 4.77. The zero-order valence-electron chi connectivity index (χ0n) is 8.41. The fraction of sp³-hybridized carbons (Fsp3) is 0. The lowest BCUT2D eigenvalue weighted by atomic mass is 10.2. The van der Waals surface area contributed by atoms with Gasteiger partial charge in [-0.2, -0.15) is 0 Å². The second-order valence-electron chi connectivity index (χ2n) is 3.22. The molecule has 4 nitrogen and oxygen atoms in total. The molecule has 0 saturated heterocycles. The largest absolute Gasteiger partial charge is 0.658 e. The van der Waals surface area contributed by atoms with Crippen LogP contribution in [0.1, 0.15) is 0 Å². The molecule has 0 aromatic heterocycles. The summed E-state index contributed by atoms with van der Waals surface area (Å²) in [6.07, 6.45) is 0. The number of nitro benzene ring substituents is 1. The molecular weight excluding hydrogens is 204 g/mol. The van der Waals surface area contributed by atoms with Gasteiger partial charge in [0, 0.05) is 12.1 Å². The molecule has 2 rings (SSSR count). The molecule has 0 aliphatic carbocycles. The quantitative estimate of drug-likeness (QED) is 0.572. The molecule has 80 valence electrons. The highest BCUT2D eigenvalue weighted by Gasteiger charge is 2.00. The van der Waals surface area contributed by atoms with Crippen LogP contribution in [0.15, 0.2) is 54.6 Å². The molecule has 0 saturated carbocycles. The van der Waals surface area contributed by atoms with E-state index in [9.17, 15) is 10.1 Å². The van der Waals surface area contributed by atoms with E-state index in [0.717, 1.165) is 5.69 Å². The predicted molar refractivity (Wildman–Crippen MR) is 62.2 cm³/mol. The molecule has 4 heteroatoms. The van der Waals surface area contributed by atoms with Crippen LogP contribution in [-0.4, -0.2) is 4.92 Å². The number of para-hydroxylation sites is 1. The third-order valence-electron chi connectivity index (χ3n) is 2.07. The van der Waals surface area contributed by atoms with E-state index in [1.165, 1.54) is 12.1 Å². The summed E-state index contributed by atoms with van der Waals surface area (Å²) >= 11 is 0. The number of nitrogens with zero attached hydrogens (tertiary/aromatic N) is 2. The third-order valence-corrected chi connectivity index (χ3v) is 2.07. The van der Waals surface area contributed by atoms with Gasteiger partial charge in [-0.25, -0.2) is 0 Å². The minimum atomic E-state index is -0.424. The number of hydrogen-bond donors (Lipinski definition) is 0. The van der Waals surface area contributed by atoms with E-state index in [1.807, 2.05) is 30.3 Å². The van der Waals surface area contributed by atoms with Crippen molar-refractivity contribution in [2.24, 2.45) is 0 Å². The highest BCUT2D eigenvalue weighted by atomic mass is 16.6. The zero-order valence-corrected chi connectivity index (χ0v) is 8.41. The smallest absolute Gasteiger partial charge is 0.269 e. The van der Waals surface area contributed by atoms with Gasteiger partial charge in [-0.3, -0.25) is 10.1 Å². The molecule has 0 unspecified atom stereocenters. The van der Waals surface area contributed by atoms with E-state index in [2.05, 4.69) is 5.32 Å². The second kappa shape index (κ2) is 4.44. The van der Waals surface area contributed by atoms with Gasteiger partial charge in [-0.1, -0.05) is 42.5 Å². The van der Waals surface area contributed by atoms with Crippen LogP contribution in [-0.2, 0) is 0 Å². The van der Waals surface area contributed by atoms with Gasteiger partial charge >= 0.3 is 0 Å². The SMILES string of the molecule is O=[N+]([O-])c1ccc([N-]c2ccccc2)cc1. The lowest BCUT2D eigenvalue weighted by Gasteiger charge is -2.21. The van der Waals surface area contributed by atoms with Gasteiger partial charge in [0.05, 0.1) is 4.92 Å². The van der Waals surface area contributed by atoms with E-state index >= 15 is 0 Å². The van der Waals surface area contributed by atoms with Crippen molar-refractivity contribution in [2.75, 3.05) is 0 Å². The Labute approximate surface area is 92.7 Å². The maximum Gasteiger partial charge on any atom is 0.269 e. The van der Waals surface area contributed by atoms with Crippen molar-refractivity contribution < 1.29 is 4.92 Å². The van der Waals surface area contributed by atoms with Crippen LogP contribution in [0.5, 0.6) is 0 Å². The molecule has 0 bridgehead atoms. The normalized spacial score (nSPS) is 9.75. The summed E-state index contributed by atoms with van der Waals surface area (Å²) in [6.45, 7) is 0. The van der Waals surface area contributed by atoms with E-state index in [1.54, 1.807) is 12.1 Å². The van der Waals surface area contributed by atoms with Gasteiger partial charge < -0.3 is 5.32 Å². The van der Waals surface area contributed by atoms with Crippen molar-refractivity contribution in [1.82, 2.24) is 0 Å². The number of non-ortho nitro benzene ring substituents is 1. The lowest BCUT2D eigenvalue weighted by molar-refractivity contribution is -0.384. The first-order valence-corrected chi connectivity index (χ1v) is 4.77. The van der Waals surface area contributed by atoms with Crippen LogP contribution < -0.4 is 0 Å². The Bertz CT molecular complexity index is 480. The molecule has 0 spiro atoms. The van der Waals surface area contributed by atoms with Crippen molar-refractivity contribution in [1.29, 1.82) is 0 Å². The molecule has 0 aliphatic heterocycles. The van der Waals surface area contributed by atoms with Crippen LogP contribution in [0.25, 0.3) is 5.32 Å². The fourth-order valence-corrected chi connectivity index (χ4v) is 1.30. The number of nitro groups is 1. The van der Waals surface area contributed by atoms with Gasteiger partial charge in [0.15, 0.2) is 0 Å². The van der Waals surface area contributed by atoms with Gasteiger partial charge in [0.25, 0.3) is 5.69 Å². The summed E-state index contributed by atoms with van der Waals surface area (Å²) in [5.41, 5.74) is 1.61. The predicted octanol–water partition coefficient (Wildman–Crippen LogP) is 3.93. The minimum Gasteiger partial charge on any atom is -0.658 e. The highest BCUT2D eigenvalue weighted by molar-refractivity contribution is 5.66. The molecule has 16 heavy (non-hydrogen) atoms. The summed E-state index contributed by atoms with van der Waals surface area (Å²) in [5, 5.41) is 14.8. The molecule has 0 amide bonds. The molecule has 0 fully saturated rings. The Balaban J connectivity index is 2.14. The number of hydrogen-bond acceptors (Lipinski definition) is 2. The van der Waals surface area contributed by atoms with Crippen LogP contribution in [0.2, 0.25) is 0 Å². The topological polar surface area (TPSA) is 57.2 Å². The first-order chi connectivity index (χ1) is 7.75. The first kappa shape index (κ1) is 10.2.